The summed E-state index contributed by atoms with van der Waals surface area (Å²) in [7, 11) is 2.52. The van der Waals surface area contributed by atoms with E-state index in [1.165, 1.54) is 85.9 Å². The number of esters is 2. The molecule has 0 fully saturated rings. The maximum atomic E-state index is 14.5. The van der Waals surface area contributed by atoms with Gasteiger partial charge in [0.25, 0.3) is 0 Å². The molecule has 0 radical (unpaired) electrons. The topological polar surface area (TPSA) is 147 Å². The molecule has 0 atom stereocenters. The summed E-state index contributed by atoms with van der Waals surface area (Å²) in [4.78, 5) is 46.7. The molecule has 8 rings (SSSR count). The average Bonchev–Trinajstić information content (AvgIpc) is 4.01. The van der Waals surface area contributed by atoms with E-state index in [2.05, 4.69) is 15.3 Å². The van der Waals surface area contributed by atoms with Crippen LogP contribution in [-0.2, 0) is 14.2 Å². The van der Waals surface area contributed by atoms with Gasteiger partial charge in [-0.1, -0.05) is 24.3 Å². The molecule has 0 unspecified atom stereocenters. The number of aryl methyl sites for hydroxylation is 2. The zero-order valence-electron chi connectivity index (χ0n) is 43.0. The van der Waals surface area contributed by atoms with Crippen molar-refractivity contribution < 1.29 is 82.0 Å². The number of hydrogen-bond donors (Lipinski definition) is 1. The van der Waals surface area contributed by atoms with Crippen molar-refractivity contribution in [1.82, 2.24) is 18.8 Å². The third-order valence-corrected chi connectivity index (χ3v) is 11.5. The summed E-state index contributed by atoms with van der Waals surface area (Å²) in [5.41, 5.74) is 3.31. The molecule has 4 aromatic heterocycles. The van der Waals surface area contributed by atoms with Gasteiger partial charge in [-0.3, -0.25) is 13.7 Å². The van der Waals surface area contributed by atoms with Gasteiger partial charge in [0.1, 0.15) is 17.1 Å². The van der Waals surface area contributed by atoms with E-state index in [1.807, 2.05) is 0 Å². The Hall–Kier alpha value is -8.83. The van der Waals surface area contributed by atoms with Crippen molar-refractivity contribution in [3.8, 4) is 45.5 Å². The fourth-order valence-electron chi connectivity index (χ4n) is 7.88. The number of imidazole rings is 2. The number of rotatable bonds is 14. The molecule has 1 N–H and O–H groups in total. The summed E-state index contributed by atoms with van der Waals surface area (Å²) < 4.78 is 164. The molecule has 0 aliphatic carbocycles. The van der Waals surface area contributed by atoms with Crippen molar-refractivity contribution in [2.75, 3.05) is 37.5 Å². The molecule has 0 saturated carbocycles. The van der Waals surface area contributed by atoms with Crippen LogP contribution in [0.15, 0.2) is 110 Å². The van der Waals surface area contributed by atoms with Crippen LogP contribution in [0.4, 0.5) is 60.1 Å². The van der Waals surface area contributed by atoms with Crippen molar-refractivity contribution in [2.45, 2.75) is 65.4 Å². The number of nitrogens with one attached hydrogen (secondary N) is 1. The highest BCUT2D eigenvalue weighted by Gasteiger charge is 2.34. The highest BCUT2D eigenvalue weighted by Crippen LogP contribution is 2.38. The predicted molar refractivity (Wildman–Crippen MR) is 270 cm³/mol. The van der Waals surface area contributed by atoms with Crippen LogP contribution < -0.4 is 19.7 Å². The Balaban J connectivity index is 0.000000232. The molecular formula is C55H48F10N6O8. The van der Waals surface area contributed by atoms with Crippen molar-refractivity contribution in [1.29, 1.82) is 0 Å². The highest BCUT2D eigenvalue weighted by molar-refractivity contribution is 5.95. The van der Waals surface area contributed by atoms with Gasteiger partial charge in [-0.15, -0.1) is 0 Å². The van der Waals surface area contributed by atoms with Crippen molar-refractivity contribution in [3.63, 3.8) is 0 Å². The number of benzene rings is 4. The highest BCUT2D eigenvalue weighted by atomic mass is 19.4. The fourth-order valence-corrected chi connectivity index (χ4v) is 7.88. The molecule has 14 nitrogen and oxygen atoms in total. The Labute approximate surface area is 444 Å². The third-order valence-electron chi connectivity index (χ3n) is 11.5. The summed E-state index contributed by atoms with van der Waals surface area (Å²) in [5, 5.41) is 2.69. The molecule has 4 aromatic carbocycles. The first kappa shape index (κ1) is 57.9. The maximum absolute atomic E-state index is 14.5. The number of anilines is 2. The lowest BCUT2D eigenvalue weighted by Gasteiger charge is -2.28. The van der Waals surface area contributed by atoms with Crippen molar-refractivity contribution in [2.24, 2.45) is 0 Å². The first-order chi connectivity index (χ1) is 37.1. The van der Waals surface area contributed by atoms with Crippen molar-refractivity contribution in [3.05, 3.63) is 155 Å². The quantitative estimate of drug-likeness (QED) is 0.0630. The van der Waals surface area contributed by atoms with E-state index in [4.69, 9.17) is 23.7 Å². The number of aromatic nitrogens is 4. The maximum Gasteiger partial charge on any atom is 0.414 e. The van der Waals surface area contributed by atoms with Gasteiger partial charge in [0.2, 0.25) is 11.6 Å². The van der Waals surface area contributed by atoms with Crippen LogP contribution in [0.1, 0.15) is 65.5 Å². The molecule has 8 aromatic rings. The van der Waals surface area contributed by atoms with Crippen LogP contribution in [0, 0.1) is 37.1 Å². The minimum absolute atomic E-state index is 0.0312. The minimum Gasteiger partial charge on any atom is -0.465 e. The van der Waals surface area contributed by atoms with Crippen LogP contribution >= 0.6 is 0 Å². The zero-order valence-corrected chi connectivity index (χ0v) is 43.0. The normalized spacial score (nSPS) is 11.7. The lowest BCUT2D eigenvalue weighted by Crippen LogP contribution is -2.39. The van der Waals surface area contributed by atoms with Gasteiger partial charge in [-0.2, -0.15) is 35.1 Å². The smallest absolute Gasteiger partial charge is 0.414 e. The lowest BCUT2D eigenvalue weighted by atomic mass is 10.0. The molecule has 0 aliphatic heterocycles. The number of amides is 1. The number of alkyl halides is 6. The monoisotopic (exact) mass is 1110 g/mol. The van der Waals surface area contributed by atoms with E-state index in [0.717, 1.165) is 17.0 Å². The van der Waals surface area contributed by atoms with Gasteiger partial charge in [-0.25, -0.2) is 33.1 Å². The van der Waals surface area contributed by atoms with E-state index < -0.39 is 96.7 Å². The van der Waals surface area contributed by atoms with Crippen LogP contribution in [0.2, 0.25) is 0 Å². The van der Waals surface area contributed by atoms with E-state index in [9.17, 15) is 58.3 Å². The van der Waals surface area contributed by atoms with Gasteiger partial charge in [-0.05, 0) is 94.3 Å². The molecular weight excluding hydrogens is 1060 g/mol. The van der Waals surface area contributed by atoms with E-state index in [-0.39, 0.29) is 34.2 Å². The van der Waals surface area contributed by atoms with E-state index in [0.29, 0.717) is 44.8 Å². The van der Waals surface area contributed by atoms with Crippen LogP contribution in [0.5, 0.6) is 23.0 Å². The lowest BCUT2D eigenvalue weighted by molar-refractivity contribution is -0.132. The number of carbonyl (C=O) groups is 3. The summed E-state index contributed by atoms with van der Waals surface area (Å²) in [6.45, 7) is 6.82. The van der Waals surface area contributed by atoms with Crippen LogP contribution in [-0.4, -0.2) is 82.1 Å². The summed E-state index contributed by atoms with van der Waals surface area (Å²) in [6, 6.07) is 19.1. The Morgan fingerprint density at radius 2 is 1.09 bits per heavy atom. The number of ether oxygens (including phenoxy) is 5. The van der Waals surface area contributed by atoms with Gasteiger partial charge < -0.3 is 29.0 Å². The number of halogens is 10. The second-order valence-corrected chi connectivity index (χ2v) is 18.5. The number of methoxy groups -OCH3 is 2. The number of hydrogen-bond acceptors (Lipinski definition) is 11. The van der Waals surface area contributed by atoms with Gasteiger partial charge >= 0.3 is 30.4 Å². The van der Waals surface area contributed by atoms with E-state index >= 15 is 0 Å². The second kappa shape index (κ2) is 23.4. The van der Waals surface area contributed by atoms with Gasteiger partial charge in [0, 0.05) is 36.3 Å². The number of pyridine rings is 2. The van der Waals surface area contributed by atoms with Crippen LogP contribution in [0.3, 0.4) is 0 Å². The Morgan fingerprint density at radius 3 is 1.54 bits per heavy atom. The number of carbonyl (C=O) groups excluding carboxylic acids is 3. The van der Waals surface area contributed by atoms with Gasteiger partial charge in [0.15, 0.2) is 34.4 Å². The molecule has 79 heavy (non-hydrogen) atoms. The number of nitrogens with zero attached hydrogens (tertiary/aromatic N) is 5. The molecule has 0 bridgehead atoms. The molecule has 1 amide bonds. The van der Waals surface area contributed by atoms with E-state index in [1.54, 1.807) is 69.4 Å². The average molecular weight is 1110 g/mol. The second-order valence-electron chi connectivity index (χ2n) is 18.5. The SMILES string of the molecule is COC(=O)c1ccc(-c2cnc3c(N(CCC(F)(F)F)C(=O)OC(C)(C)C)cc(Oc4cccc(F)c4F)cn23)cc1C.COC(=O)c1ccc(-c2cnc3c(NCCC(F)(F)F)cc(Oc4cccc(F)c4F)cn23)cc1C. The summed E-state index contributed by atoms with van der Waals surface area (Å²) in [5.74, 6) is -6.83. The zero-order chi connectivity index (χ0) is 57.7. The summed E-state index contributed by atoms with van der Waals surface area (Å²) in [6.07, 6.45) is -6.80. The first-order valence-electron chi connectivity index (χ1n) is 23.7. The van der Waals surface area contributed by atoms with Crippen molar-refractivity contribution >= 4 is 40.7 Å². The molecule has 0 spiro atoms. The summed E-state index contributed by atoms with van der Waals surface area (Å²) >= 11 is 0. The minimum atomic E-state index is -4.62. The molecule has 416 valence electrons. The largest absolute Gasteiger partial charge is 0.465 e. The first-order valence-corrected chi connectivity index (χ1v) is 23.7. The Kier molecular flexibility index (Phi) is 17.1. The predicted octanol–water partition coefficient (Wildman–Crippen LogP) is 14.4. The van der Waals surface area contributed by atoms with Crippen LogP contribution in [0.25, 0.3) is 33.8 Å². The van der Waals surface area contributed by atoms with Gasteiger partial charge in [0.05, 0.1) is 85.7 Å². The standard InChI is InChI=1S/C30H28F5N3O5.C25H20F5N3O3/c1-17-13-18(9-10-20(17)27(39)41-5)23-15-36-26-22(37(12-11-30(33,34)35)28(40)43-29(2,3)4)14-19(16-38(23)26)42-24-8-6-7-21(31)25(24)32;1-14-10-15(6-7-17(14)24(34)35-2)20-12-32-23-19(31-9-8-25(28,29)30)11-16(13-33(20)23)36-21-5-3-4-18(26)22(21)27/h6-10,13-16H,11-12H2,1-5H3;3-7,10-13,31H,8-9H2,1-2H3. The Morgan fingerprint density at radius 1 is 0.620 bits per heavy atom. The third kappa shape index (κ3) is 14.0. The molecule has 4 heterocycles. The fraction of sp³-hybridized carbons (Fsp3) is 0.255. The number of fused-ring (bicyclic) bond motifs is 2. The molecule has 0 saturated heterocycles. The molecule has 0 aliphatic rings. The molecule has 24 heteroatoms. The Bertz CT molecular complexity index is 3570.